The monoisotopic (exact) mass is 263 g/mol. The molecule has 0 aliphatic carbocycles. The highest BCUT2D eigenvalue weighted by Gasteiger charge is 2.19. The van der Waals surface area contributed by atoms with Gasteiger partial charge in [0.15, 0.2) is 0 Å². The number of halogens is 2. The smallest absolute Gasteiger partial charge is 0.207 e. The molecule has 0 aliphatic heterocycles. The van der Waals surface area contributed by atoms with Crippen LogP contribution >= 0.6 is 22.3 Å². The number of aryl methyl sites for hydroxylation is 1. The van der Waals surface area contributed by atoms with Gasteiger partial charge in [-0.15, -0.1) is 0 Å². The Bertz CT molecular complexity index is 532. The van der Waals surface area contributed by atoms with Gasteiger partial charge in [0.1, 0.15) is 11.0 Å². The lowest BCUT2D eigenvalue weighted by molar-refractivity contribution is 0.609. The third-order valence-corrected chi connectivity index (χ3v) is 3.82. The Morgan fingerprint density at radius 3 is 2.47 bits per heavy atom. The Kier molecular flexibility index (Phi) is 3.61. The van der Waals surface area contributed by atoms with Crippen LogP contribution in [0.15, 0.2) is 17.0 Å². The van der Waals surface area contributed by atoms with E-state index in [1.165, 1.54) is 6.07 Å². The van der Waals surface area contributed by atoms with E-state index in [-0.39, 0.29) is 15.5 Å². The highest BCUT2D eigenvalue weighted by atomic mass is 35.7. The number of hydrogen-bond donors (Lipinski definition) is 0. The molecule has 0 spiro atoms. The third kappa shape index (κ3) is 2.43. The molecule has 0 aromatic heterocycles. The fourth-order valence-electron chi connectivity index (χ4n) is 1.20. The molecule has 3 nitrogen and oxygen atoms in total. The zero-order valence-electron chi connectivity index (χ0n) is 7.79. The second kappa shape index (κ2) is 4.40. The summed E-state index contributed by atoms with van der Waals surface area (Å²) in [5.41, 5.74) is 0.868. The molecular weight excluding hydrogens is 257 g/mol. The van der Waals surface area contributed by atoms with Gasteiger partial charge in [-0.2, -0.15) is 5.26 Å². The van der Waals surface area contributed by atoms with Crippen molar-refractivity contribution in [3.8, 4) is 6.07 Å². The van der Waals surface area contributed by atoms with Gasteiger partial charge in [-0.1, -0.05) is 24.6 Å². The maximum atomic E-state index is 11.1. The van der Waals surface area contributed by atoms with E-state index in [1.807, 2.05) is 13.0 Å². The molecule has 80 valence electrons. The van der Waals surface area contributed by atoms with E-state index in [2.05, 4.69) is 0 Å². The molecule has 1 aromatic rings. The number of benzene rings is 1. The predicted molar refractivity (Wildman–Crippen MR) is 58.6 cm³/mol. The number of rotatable bonds is 2. The molecule has 0 fully saturated rings. The Hall–Kier alpha value is -0.760. The SMILES string of the molecule is CCc1ccc(S(=O)(=O)Cl)c(Cl)c1C#N. The highest BCUT2D eigenvalue weighted by molar-refractivity contribution is 8.13. The molecule has 15 heavy (non-hydrogen) atoms. The van der Waals surface area contributed by atoms with Crippen LogP contribution in [0.4, 0.5) is 0 Å². The molecule has 0 unspecified atom stereocenters. The first-order valence-electron chi connectivity index (χ1n) is 4.08. The molecule has 0 bridgehead atoms. The molecular formula is C9H7Cl2NO2S. The largest absolute Gasteiger partial charge is 0.262 e. The summed E-state index contributed by atoms with van der Waals surface area (Å²) in [6, 6.07) is 4.72. The van der Waals surface area contributed by atoms with Crippen LogP contribution in [0, 0.1) is 11.3 Å². The lowest BCUT2D eigenvalue weighted by Gasteiger charge is -2.06. The average molecular weight is 264 g/mol. The minimum Gasteiger partial charge on any atom is -0.207 e. The van der Waals surface area contributed by atoms with Crippen molar-refractivity contribution in [3.63, 3.8) is 0 Å². The Labute approximate surface area is 97.7 Å². The van der Waals surface area contributed by atoms with Crippen molar-refractivity contribution in [1.82, 2.24) is 0 Å². The van der Waals surface area contributed by atoms with Crippen molar-refractivity contribution >= 4 is 31.3 Å². The standard InChI is InChI=1S/C9H7Cl2NO2S/c1-2-6-3-4-8(15(11,13)14)9(10)7(6)5-12/h3-4H,2H2,1H3. The number of hydrogen-bond acceptors (Lipinski definition) is 3. The fourth-order valence-corrected chi connectivity index (χ4v) is 2.78. The zero-order chi connectivity index (χ0) is 11.6. The highest BCUT2D eigenvalue weighted by Crippen LogP contribution is 2.30. The number of nitrogens with zero attached hydrogens (tertiary/aromatic N) is 1. The maximum absolute atomic E-state index is 11.1. The van der Waals surface area contributed by atoms with Gasteiger partial charge in [-0.3, -0.25) is 0 Å². The predicted octanol–water partition coefficient (Wildman–Crippen LogP) is 2.70. The van der Waals surface area contributed by atoms with Crippen molar-refractivity contribution in [2.75, 3.05) is 0 Å². The van der Waals surface area contributed by atoms with Crippen LogP contribution in [0.2, 0.25) is 5.02 Å². The van der Waals surface area contributed by atoms with Crippen LogP contribution in [0.5, 0.6) is 0 Å². The topological polar surface area (TPSA) is 57.9 Å². The van der Waals surface area contributed by atoms with Gasteiger partial charge < -0.3 is 0 Å². The van der Waals surface area contributed by atoms with Crippen molar-refractivity contribution in [1.29, 1.82) is 5.26 Å². The first kappa shape index (κ1) is 12.3. The van der Waals surface area contributed by atoms with Crippen LogP contribution in [0.1, 0.15) is 18.1 Å². The molecule has 0 atom stereocenters. The van der Waals surface area contributed by atoms with Crippen molar-refractivity contribution in [2.24, 2.45) is 0 Å². The summed E-state index contributed by atoms with van der Waals surface area (Å²) in [5, 5.41) is 8.74. The Morgan fingerprint density at radius 1 is 1.47 bits per heavy atom. The van der Waals surface area contributed by atoms with Crippen molar-refractivity contribution in [2.45, 2.75) is 18.2 Å². The van der Waals surface area contributed by atoms with Gasteiger partial charge in [-0.25, -0.2) is 8.42 Å². The summed E-state index contributed by atoms with van der Waals surface area (Å²) in [4.78, 5) is -0.223. The Balaban J connectivity index is 3.59. The summed E-state index contributed by atoms with van der Waals surface area (Å²) in [6.07, 6.45) is 0.602. The molecule has 6 heteroatoms. The molecule has 0 saturated carbocycles. The lowest BCUT2D eigenvalue weighted by atomic mass is 10.1. The zero-order valence-corrected chi connectivity index (χ0v) is 10.1. The molecule has 0 N–H and O–H groups in total. The average Bonchev–Trinajstić information content (AvgIpc) is 2.15. The number of nitriles is 1. The van der Waals surface area contributed by atoms with Crippen molar-refractivity contribution in [3.05, 3.63) is 28.3 Å². The van der Waals surface area contributed by atoms with Gasteiger partial charge in [0.25, 0.3) is 9.05 Å². The van der Waals surface area contributed by atoms with E-state index in [0.717, 1.165) is 0 Å². The Morgan fingerprint density at radius 2 is 2.07 bits per heavy atom. The second-order valence-corrected chi connectivity index (χ2v) is 5.73. The lowest BCUT2D eigenvalue weighted by Crippen LogP contribution is -1.97. The molecule has 0 amide bonds. The first-order chi connectivity index (χ1) is 6.91. The molecule has 0 aliphatic rings. The summed E-state index contributed by atoms with van der Waals surface area (Å²) in [7, 11) is 1.26. The molecule has 0 radical (unpaired) electrons. The van der Waals surface area contributed by atoms with E-state index in [1.54, 1.807) is 6.07 Å². The van der Waals surface area contributed by atoms with Gasteiger partial charge in [0, 0.05) is 10.7 Å². The van der Waals surface area contributed by atoms with Crippen molar-refractivity contribution < 1.29 is 8.42 Å². The van der Waals surface area contributed by atoms with E-state index >= 15 is 0 Å². The summed E-state index contributed by atoms with van der Waals surface area (Å²) in [5.74, 6) is 0. The van der Waals surface area contributed by atoms with Gasteiger partial charge in [0.05, 0.1) is 10.6 Å². The van der Waals surface area contributed by atoms with Gasteiger partial charge in [-0.05, 0) is 18.1 Å². The minimum absolute atomic E-state index is 0.105. The fraction of sp³-hybridized carbons (Fsp3) is 0.222. The van der Waals surface area contributed by atoms with E-state index in [0.29, 0.717) is 12.0 Å². The second-order valence-electron chi connectivity index (χ2n) is 2.82. The van der Waals surface area contributed by atoms with Gasteiger partial charge in [0.2, 0.25) is 0 Å². The van der Waals surface area contributed by atoms with Crippen LogP contribution in [0.3, 0.4) is 0 Å². The van der Waals surface area contributed by atoms with E-state index < -0.39 is 9.05 Å². The molecule has 1 aromatic carbocycles. The maximum Gasteiger partial charge on any atom is 0.262 e. The first-order valence-corrected chi connectivity index (χ1v) is 6.76. The normalized spacial score (nSPS) is 11.1. The molecule has 0 heterocycles. The summed E-state index contributed by atoms with van der Waals surface area (Å²) in [6.45, 7) is 1.85. The molecule has 0 saturated heterocycles. The van der Waals surface area contributed by atoms with Crippen LogP contribution < -0.4 is 0 Å². The quantitative estimate of drug-likeness (QED) is 0.771. The van der Waals surface area contributed by atoms with Crippen LogP contribution in [-0.2, 0) is 15.5 Å². The summed E-state index contributed by atoms with van der Waals surface area (Å²) < 4.78 is 22.2. The van der Waals surface area contributed by atoms with Crippen LogP contribution in [0.25, 0.3) is 0 Å². The van der Waals surface area contributed by atoms with E-state index in [9.17, 15) is 8.42 Å². The molecule has 1 rings (SSSR count). The van der Waals surface area contributed by atoms with E-state index in [4.69, 9.17) is 27.5 Å². The third-order valence-electron chi connectivity index (χ3n) is 1.95. The van der Waals surface area contributed by atoms with Gasteiger partial charge >= 0.3 is 0 Å². The minimum atomic E-state index is -3.90. The van der Waals surface area contributed by atoms with Crippen LogP contribution in [-0.4, -0.2) is 8.42 Å². The summed E-state index contributed by atoms with van der Waals surface area (Å²) >= 11 is 5.79.